The lowest BCUT2D eigenvalue weighted by atomic mass is 10.0. The van der Waals surface area contributed by atoms with E-state index in [1.54, 1.807) is 0 Å². The quantitative estimate of drug-likeness (QED) is 0.742. The van der Waals surface area contributed by atoms with Crippen molar-refractivity contribution in [2.45, 2.75) is 33.6 Å². The van der Waals surface area contributed by atoms with E-state index in [1.165, 1.54) is 17.0 Å². The van der Waals surface area contributed by atoms with Crippen molar-refractivity contribution in [1.29, 1.82) is 0 Å². The summed E-state index contributed by atoms with van der Waals surface area (Å²) in [5.41, 5.74) is 10.2. The summed E-state index contributed by atoms with van der Waals surface area (Å²) >= 11 is 0. The van der Waals surface area contributed by atoms with Gasteiger partial charge in [0.05, 0.1) is 0 Å². The number of aromatic nitrogens is 1. The normalized spacial score (nSPS) is 29.2. The molecule has 1 aromatic rings. The maximum Gasteiger partial charge on any atom is 0.0153 e. The molecule has 2 heteroatoms. The first-order valence-electron chi connectivity index (χ1n) is 5.34. The molecule has 3 N–H and O–H groups in total. The van der Waals surface area contributed by atoms with E-state index in [1.807, 2.05) is 0 Å². The molecule has 1 heterocycles. The fraction of sp³-hybridized carbons (Fsp3) is 0.667. The minimum atomic E-state index is 0.397. The van der Waals surface area contributed by atoms with E-state index >= 15 is 0 Å². The van der Waals surface area contributed by atoms with Crippen LogP contribution in [0.2, 0.25) is 0 Å². The standard InChI is InChI=1S/C12H20N2/c1-7-5-9(8(2)14-7)11-10(6-13)12(11,3)4/h5,10-11,14H,6,13H2,1-4H3/t10-,11-/m1/s1. The third-order valence-electron chi connectivity index (χ3n) is 3.83. The maximum atomic E-state index is 5.78. The lowest BCUT2D eigenvalue weighted by Gasteiger charge is -2.01. The Hall–Kier alpha value is -0.760. The van der Waals surface area contributed by atoms with Crippen LogP contribution in [0.3, 0.4) is 0 Å². The van der Waals surface area contributed by atoms with E-state index in [9.17, 15) is 0 Å². The lowest BCUT2D eigenvalue weighted by molar-refractivity contribution is 0.558. The van der Waals surface area contributed by atoms with E-state index in [0.717, 1.165) is 6.54 Å². The van der Waals surface area contributed by atoms with Crippen LogP contribution in [0.1, 0.15) is 36.7 Å². The predicted molar refractivity (Wildman–Crippen MR) is 59.3 cm³/mol. The topological polar surface area (TPSA) is 41.8 Å². The van der Waals surface area contributed by atoms with Crippen LogP contribution >= 0.6 is 0 Å². The van der Waals surface area contributed by atoms with Crippen molar-refractivity contribution in [2.75, 3.05) is 6.54 Å². The Kier molecular flexibility index (Phi) is 2.00. The van der Waals surface area contributed by atoms with Gasteiger partial charge in [-0.05, 0) is 49.3 Å². The van der Waals surface area contributed by atoms with Crippen molar-refractivity contribution >= 4 is 0 Å². The van der Waals surface area contributed by atoms with Gasteiger partial charge in [0.1, 0.15) is 0 Å². The van der Waals surface area contributed by atoms with Gasteiger partial charge >= 0.3 is 0 Å². The van der Waals surface area contributed by atoms with Gasteiger partial charge in [-0.15, -0.1) is 0 Å². The van der Waals surface area contributed by atoms with Crippen molar-refractivity contribution in [3.8, 4) is 0 Å². The summed E-state index contributed by atoms with van der Waals surface area (Å²) in [5, 5.41) is 0. The van der Waals surface area contributed by atoms with Crippen LogP contribution < -0.4 is 5.73 Å². The molecular weight excluding hydrogens is 172 g/mol. The Morgan fingerprint density at radius 3 is 2.43 bits per heavy atom. The molecule has 1 saturated carbocycles. The van der Waals surface area contributed by atoms with Crippen LogP contribution in [0, 0.1) is 25.2 Å². The van der Waals surface area contributed by atoms with Gasteiger partial charge in [-0.3, -0.25) is 0 Å². The van der Waals surface area contributed by atoms with Gasteiger partial charge in [-0.25, -0.2) is 0 Å². The minimum absolute atomic E-state index is 0.397. The Bertz CT molecular complexity index is 349. The van der Waals surface area contributed by atoms with E-state index in [-0.39, 0.29) is 0 Å². The van der Waals surface area contributed by atoms with E-state index < -0.39 is 0 Å². The zero-order valence-electron chi connectivity index (χ0n) is 9.52. The number of aromatic amines is 1. The Morgan fingerprint density at radius 2 is 2.07 bits per heavy atom. The molecule has 1 aromatic heterocycles. The molecule has 1 fully saturated rings. The van der Waals surface area contributed by atoms with Gasteiger partial charge in [-0.2, -0.15) is 0 Å². The van der Waals surface area contributed by atoms with Crippen molar-refractivity contribution < 1.29 is 0 Å². The van der Waals surface area contributed by atoms with Crippen LogP contribution in [0.4, 0.5) is 0 Å². The number of nitrogens with two attached hydrogens (primary N) is 1. The molecule has 78 valence electrons. The smallest absolute Gasteiger partial charge is 0.0153 e. The molecule has 1 aliphatic rings. The first kappa shape index (κ1) is 9.78. The number of hydrogen-bond donors (Lipinski definition) is 2. The molecule has 0 aromatic carbocycles. The van der Waals surface area contributed by atoms with E-state index in [2.05, 4.69) is 38.7 Å². The van der Waals surface area contributed by atoms with Gasteiger partial charge in [0.25, 0.3) is 0 Å². The second kappa shape index (κ2) is 2.86. The number of rotatable bonds is 2. The highest BCUT2D eigenvalue weighted by molar-refractivity contribution is 5.37. The number of nitrogens with one attached hydrogen (secondary N) is 1. The highest BCUT2D eigenvalue weighted by Gasteiger charge is 2.57. The molecule has 0 aliphatic heterocycles. The van der Waals surface area contributed by atoms with E-state index in [0.29, 0.717) is 17.3 Å². The van der Waals surface area contributed by atoms with Gasteiger partial charge in [0.15, 0.2) is 0 Å². The molecule has 0 spiro atoms. The second-order valence-corrected chi connectivity index (χ2v) is 5.17. The summed E-state index contributed by atoms with van der Waals surface area (Å²) in [5.74, 6) is 1.33. The predicted octanol–water partition coefficient (Wildman–Crippen LogP) is 2.33. The third kappa shape index (κ3) is 1.21. The van der Waals surface area contributed by atoms with Crippen LogP contribution in [0.15, 0.2) is 6.07 Å². The number of hydrogen-bond acceptors (Lipinski definition) is 1. The SMILES string of the molecule is Cc1cc([C@@H]2[C@@H](CN)C2(C)C)c(C)[nH]1. The fourth-order valence-electron chi connectivity index (χ4n) is 2.87. The zero-order chi connectivity index (χ0) is 10.5. The molecule has 2 rings (SSSR count). The van der Waals surface area contributed by atoms with Crippen molar-refractivity contribution in [3.63, 3.8) is 0 Å². The summed E-state index contributed by atoms with van der Waals surface area (Å²) in [7, 11) is 0. The van der Waals surface area contributed by atoms with Crippen molar-refractivity contribution in [3.05, 3.63) is 23.0 Å². The van der Waals surface area contributed by atoms with Gasteiger partial charge < -0.3 is 10.7 Å². The molecule has 14 heavy (non-hydrogen) atoms. The van der Waals surface area contributed by atoms with Crippen LogP contribution in [-0.2, 0) is 0 Å². The monoisotopic (exact) mass is 192 g/mol. The molecule has 0 radical (unpaired) electrons. The van der Waals surface area contributed by atoms with Gasteiger partial charge in [0.2, 0.25) is 0 Å². The molecule has 2 nitrogen and oxygen atoms in total. The highest BCUT2D eigenvalue weighted by atomic mass is 14.8. The van der Waals surface area contributed by atoms with Crippen molar-refractivity contribution in [2.24, 2.45) is 17.1 Å². The molecule has 2 atom stereocenters. The van der Waals surface area contributed by atoms with Crippen LogP contribution in [0.5, 0.6) is 0 Å². The fourth-order valence-corrected chi connectivity index (χ4v) is 2.87. The number of H-pyrrole nitrogens is 1. The average molecular weight is 192 g/mol. The lowest BCUT2D eigenvalue weighted by Crippen LogP contribution is -2.05. The Morgan fingerprint density at radius 1 is 1.43 bits per heavy atom. The Balaban J connectivity index is 2.30. The summed E-state index contributed by atoms with van der Waals surface area (Å²) in [6, 6.07) is 2.28. The molecule has 0 bridgehead atoms. The summed E-state index contributed by atoms with van der Waals surface area (Å²) < 4.78 is 0. The van der Waals surface area contributed by atoms with Gasteiger partial charge in [0, 0.05) is 11.4 Å². The molecule has 0 unspecified atom stereocenters. The Labute approximate surface area is 85.9 Å². The second-order valence-electron chi connectivity index (χ2n) is 5.17. The summed E-state index contributed by atoms with van der Waals surface area (Å²) in [6.45, 7) is 9.71. The zero-order valence-corrected chi connectivity index (χ0v) is 9.52. The third-order valence-corrected chi connectivity index (χ3v) is 3.83. The molecule has 1 aliphatic carbocycles. The first-order valence-corrected chi connectivity index (χ1v) is 5.34. The molecule has 0 saturated heterocycles. The minimum Gasteiger partial charge on any atom is -0.362 e. The molecular formula is C12H20N2. The average Bonchev–Trinajstić information content (AvgIpc) is 2.46. The van der Waals surface area contributed by atoms with Crippen LogP contribution in [-0.4, -0.2) is 11.5 Å². The van der Waals surface area contributed by atoms with E-state index in [4.69, 9.17) is 5.73 Å². The molecule has 0 amide bonds. The largest absolute Gasteiger partial charge is 0.362 e. The summed E-state index contributed by atoms with van der Waals surface area (Å²) in [4.78, 5) is 3.37. The first-order chi connectivity index (χ1) is 6.48. The number of aryl methyl sites for hydroxylation is 2. The van der Waals surface area contributed by atoms with Crippen LogP contribution in [0.25, 0.3) is 0 Å². The maximum absolute atomic E-state index is 5.78. The summed E-state index contributed by atoms with van der Waals surface area (Å²) in [6.07, 6.45) is 0. The van der Waals surface area contributed by atoms with Crippen molar-refractivity contribution in [1.82, 2.24) is 4.98 Å². The highest BCUT2D eigenvalue weighted by Crippen LogP contribution is 2.64. The van der Waals surface area contributed by atoms with Gasteiger partial charge in [-0.1, -0.05) is 13.8 Å².